The number of anilines is 2. The molecule has 0 bridgehead atoms. The van der Waals surface area contributed by atoms with Crippen LogP contribution in [0, 0.1) is 5.92 Å². The number of carbonyl (C=O) groups is 4. The predicted octanol–water partition coefficient (Wildman–Crippen LogP) is 7.15. The van der Waals surface area contributed by atoms with Crippen LogP contribution in [0.3, 0.4) is 0 Å². The highest BCUT2D eigenvalue weighted by molar-refractivity contribution is 6.02. The number of carbonyl (C=O) groups excluding carboxylic acids is 4. The SMILES string of the molecule is CCCCCCCCCCCC(=O)Nc1ccccc1C(=O)OCC(=O)Nc1ccc(C(=O)OCC(C)C)cc1. The number of esters is 2. The second-order valence-corrected chi connectivity index (χ2v) is 10.4. The van der Waals surface area contributed by atoms with E-state index in [0.29, 0.717) is 30.0 Å². The maximum absolute atomic E-state index is 12.7. The Balaban J connectivity index is 1.74. The van der Waals surface area contributed by atoms with Crippen LogP contribution in [0.1, 0.15) is 106 Å². The summed E-state index contributed by atoms with van der Waals surface area (Å²) in [5, 5.41) is 5.42. The van der Waals surface area contributed by atoms with Crippen LogP contribution < -0.4 is 10.6 Å². The van der Waals surface area contributed by atoms with Gasteiger partial charge in [-0.15, -0.1) is 0 Å². The average Bonchev–Trinajstić information content (AvgIpc) is 2.94. The number of ether oxygens (including phenoxy) is 2. The van der Waals surface area contributed by atoms with Gasteiger partial charge in [-0.25, -0.2) is 9.59 Å². The fourth-order valence-electron chi connectivity index (χ4n) is 4.00. The van der Waals surface area contributed by atoms with Gasteiger partial charge in [-0.1, -0.05) is 84.3 Å². The Morgan fingerprint density at radius 1 is 0.700 bits per heavy atom. The second kappa shape index (κ2) is 18.6. The molecule has 0 fully saturated rings. The van der Waals surface area contributed by atoms with E-state index in [9.17, 15) is 19.2 Å². The highest BCUT2D eigenvalue weighted by Gasteiger charge is 2.16. The van der Waals surface area contributed by atoms with Crippen molar-refractivity contribution in [2.24, 2.45) is 5.92 Å². The molecular weight excluding hydrogens is 508 g/mol. The molecule has 0 saturated carbocycles. The van der Waals surface area contributed by atoms with E-state index in [4.69, 9.17) is 9.47 Å². The van der Waals surface area contributed by atoms with Gasteiger partial charge in [0.15, 0.2) is 6.61 Å². The van der Waals surface area contributed by atoms with Crippen molar-refractivity contribution in [1.82, 2.24) is 0 Å². The first-order chi connectivity index (χ1) is 19.3. The zero-order valence-electron chi connectivity index (χ0n) is 24.1. The van der Waals surface area contributed by atoms with Gasteiger partial charge >= 0.3 is 11.9 Å². The first-order valence-electron chi connectivity index (χ1n) is 14.4. The Bertz CT molecular complexity index is 1080. The molecule has 0 aliphatic heterocycles. The number of benzene rings is 2. The minimum atomic E-state index is -0.711. The molecule has 2 aromatic carbocycles. The Hall–Kier alpha value is -3.68. The van der Waals surface area contributed by atoms with E-state index < -0.39 is 24.5 Å². The number of para-hydroxylation sites is 1. The van der Waals surface area contributed by atoms with Crippen LogP contribution >= 0.6 is 0 Å². The van der Waals surface area contributed by atoms with Crippen molar-refractivity contribution in [3.8, 4) is 0 Å². The van der Waals surface area contributed by atoms with Gasteiger partial charge in [-0.2, -0.15) is 0 Å². The quantitative estimate of drug-likeness (QED) is 0.150. The largest absolute Gasteiger partial charge is 0.462 e. The lowest BCUT2D eigenvalue weighted by Gasteiger charge is -2.11. The van der Waals surface area contributed by atoms with Crippen LogP contribution in [-0.2, 0) is 19.1 Å². The molecule has 0 aliphatic carbocycles. The topological polar surface area (TPSA) is 111 Å². The van der Waals surface area contributed by atoms with Gasteiger partial charge in [0, 0.05) is 12.1 Å². The van der Waals surface area contributed by atoms with Crippen molar-refractivity contribution in [1.29, 1.82) is 0 Å². The molecule has 0 aliphatic rings. The summed E-state index contributed by atoms with van der Waals surface area (Å²) in [7, 11) is 0. The molecule has 2 aromatic rings. The molecule has 0 unspecified atom stereocenters. The number of amides is 2. The van der Waals surface area contributed by atoms with Gasteiger partial charge < -0.3 is 20.1 Å². The molecule has 0 radical (unpaired) electrons. The zero-order valence-corrected chi connectivity index (χ0v) is 24.1. The summed E-state index contributed by atoms with van der Waals surface area (Å²) in [4.78, 5) is 49.4. The summed E-state index contributed by atoms with van der Waals surface area (Å²) < 4.78 is 10.4. The number of nitrogens with one attached hydrogen (secondary N) is 2. The van der Waals surface area contributed by atoms with Crippen molar-refractivity contribution in [2.75, 3.05) is 23.8 Å². The highest BCUT2D eigenvalue weighted by Crippen LogP contribution is 2.18. The molecule has 2 rings (SSSR count). The lowest BCUT2D eigenvalue weighted by atomic mass is 10.1. The molecule has 218 valence electrons. The third-order valence-corrected chi connectivity index (χ3v) is 6.21. The molecule has 0 saturated heterocycles. The van der Waals surface area contributed by atoms with E-state index in [1.165, 1.54) is 38.5 Å². The van der Waals surface area contributed by atoms with Crippen molar-refractivity contribution in [3.63, 3.8) is 0 Å². The molecule has 40 heavy (non-hydrogen) atoms. The van der Waals surface area contributed by atoms with E-state index in [2.05, 4.69) is 17.6 Å². The molecule has 0 spiro atoms. The number of hydrogen-bond donors (Lipinski definition) is 2. The fraction of sp³-hybridized carbons (Fsp3) is 0.500. The van der Waals surface area contributed by atoms with Crippen LogP contribution in [0.25, 0.3) is 0 Å². The highest BCUT2D eigenvalue weighted by atomic mass is 16.5. The third kappa shape index (κ3) is 12.9. The van der Waals surface area contributed by atoms with E-state index in [1.54, 1.807) is 48.5 Å². The molecule has 0 aromatic heterocycles. The summed E-state index contributed by atoms with van der Waals surface area (Å²) >= 11 is 0. The Morgan fingerprint density at radius 3 is 1.98 bits per heavy atom. The normalized spacial score (nSPS) is 10.7. The van der Waals surface area contributed by atoms with E-state index in [1.807, 2.05) is 13.8 Å². The molecular formula is C32H44N2O6. The van der Waals surface area contributed by atoms with Crippen LogP contribution in [0.4, 0.5) is 11.4 Å². The summed E-state index contributed by atoms with van der Waals surface area (Å²) in [6.45, 7) is 5.94. The van der Waals surface area contributed by atoms with E-state index in [-0.39, 0.29) is 17.4 Å². The summed E-state index contributed by atoms with van der Waals surface area (Å²) in [6.07, 6.45) is 10.9. The van der Waals surface area contributed by atoms with Gasteiger partial charge in [0.1, 0.15) is 0 Å². The monoisotopic (exact) mass is 552 g/mol. The van der Waals surface area contributed by atoms with Crippen LogP contribution in [0.2, 0.25) is 0 Å². The van der Waals surface area contributed by atoms with Crippen molar-refractivity contribution in [2.45, 2.75) is 85.0 Å². The van der Waals surface area contributed by atoms with Crippen molar-refractivity contribution >= 4 is 35.1 Å². The van der Waals surface area contributed by atoms with E-state index >= 15 is 0 Å². The summed E-state index contributed by atoms with van der Waals surface area (Å²) in [6, 6.07) is 12.8. The lowest BCUT2D eigenvalue weighted by molar-refractivity contribution is -0.119. The van der Waals surface area contributed by atoms with Gasteiger partial charge in [-0.3, -0.25) is 9.59 Å². The molecule has 8 nitrogen and oxygen atoms in total. The van der Waals surface area contributed by atoms with Gasteiger partial charge in [0.05, 0.1) is 23.4 Å². The van der Waals surface area contributed by atoms with Gasteiger partial charge in [0.25, 0.3) is 5.91 Å². The third-order valence-electron chi connectivity index (χ3n) is 6.21. The van der Waals surface area contributed by atoms with Crippen LogP contribution in [0.15, 0.2) is 48.5 Å². The predicted molar refractivity (Wildman–Crippen MR) is 157 cm³/mol. The maximum atomic E-state index is 12.7. The van der Waals surface area contributed by atoms with Crippen molar-refractivity contribution in [3.05, 3.63) is 59.7 Å². The minimum absolute atomic E-state index is 0.155. The number of unbranched alkanes of at least 4 members (excludes halogenated alkanes) is 8. The molecule has 0 atom stereocenters. The maximum Gasteiger partial charge on any atom is 0.340 e. The summed E-state index contributed by atoms with van der Waals surface area (Å²) in [5.74, 6) is -1.59. The van der Waals surface area contributed by atoms with E-state index in [0.717, 1.165) is 19.3 Å². The lowest BCUT2D eigenvalue weighted by Crippen LogP contribution is -2.22. The second-order valence-electron chi connectivity index (χ2n) is 10.4. The fourth-order valence-corrected chi connectivity index (χ4v) is 4.00. The molecule has 2 N–H and O–H groups in total. The smallest absolute Gasteiger partial charge is 0.340 e. The Morgan fingerprint density at radius 2 is 1.32 bits per heavy atom. The van der Waals surface area contributed by atoms with Crippen molar-refractivity contribution < 1.29 is 28.7 Å². The number of hydrogen-bond acceptors (Lipinski definition) is 6. The molecule has 0 heterocycles. The van der Waals surface area contributed by atoms with Gasteiger partial charge in [-0.05, 0) is 48.7 Å². The van der Waals surface area contributed by atoms with Crippen LogP contribution in [-0.4, -0.2) is 37.0 Å². The van der Waals surface area contributed by atoms with Crippen LogP contribution in [0.5, 0.6) is 0 Å². The first-order valence-corrected chi connectivity index (χ1v) is 14.4. The number of rotatable bonds is 18. The zero-order chi connectivity index (χ0) is 29.2. The Kier molecular flexibility index (Phi) is 15.1. The van der Waals surface area contributed by atoms with Gasteiger partial charge in [0.2, 0.25) is 5.91 Å². The molecule has 8 heteroatoms. The summed E-state index contributed by atoms with van der Waals surface area (Å²) in [5.41, 5.74) is 1.36. The minimum Gasteiger partial charge on any atom is -0.462 e. The average molecular weight is 553 g/mol. The first kappa shape index (κ1) is 32.5. The Labute approximate surface area is 238 Å². The molecule has 2 amide bonds. The standard InChI is InChI=1S/C32H44N2O6/c1-4-5-6-7-8-9-10-11-12-17-29(35)34-28-16-14-13-15-27(28)32(38)40-23-30(36)33-26-20-18-25(19-21-26)31(37)39-22-24(2)3/h13-16,18-21,24H,4-12,17,22-23H2,1-3H3,(H,33,36)(H,34,35).